The van der Waals surface area contributed by atoms with Crippen LogP contribution < -0.4 is 4.90 Å². The third-order valence-corrected chi connectivity index (χ3v) is 14.0. The summed E-state index contributed by atoms with van der Waals surface area (Å²) >= 11 is 1.87. The number of fused-ring (bicyclic) bond motifs is 9. The van der Waals surface area contributed by atoms with E-state index in [0.717, 1.165) is 61.4 Å². The molecule has 0 amide bonds. The fourth-order valence-corrected chi connectivity index (χ4v) is 11.2. The fraction of sp³-hybridized carbons (Fsp3) is 0. The summed E-state index contributed by atoms with van der Waals surface area (Å²) < 4.78 is 11.7. The van der Waals surface area contributed by atoms with E-state index in [-0.39, 0.29) is 0 Å². The van der Waals surface area contributed by atoms with E-state index in [4.69, 9.17) is 4.42 Å². The lowest BCUT2D eigenvalue weighted by atomic mass is 9.96. The van der Waals surface area contributed by atoms with E-state index < -0.39 is 0 Å². The van der Waals surface area contributed by atoms with Crippen LogP contribution in [0.25, 0.3) is 103 Å². The van der Waals surface area contributed by atoms with Gasteiger partial charge in [-0.3, -0.25) is 0 Å². The summed E-state index contributed by atoms with van der Waals surface area (Å²) in [6.07, 6.45) is 0. The van der Waals surface area contributed by atoms with Gasteiger partial charge in [0, 0.05) is 69.8 Å². The van der Waals surface area contributed by atoms with Gasteiger partial charge in [0.15, 0.2) is 0 Å². The van der Waals surface area contributed by atoms with Gasteiger partial charge in [-0.25, -0.2) is 0 Å². The van der Waals surface area contributed by atoms with E-state index in [1.807, 2.05) is 17.4 Å². The number of hydrogen-bond donors (Lipinski definition) is 0. The maximum absolute atomic E-state index is 6.72. The maximum atomic E-state index is 6.72. The van der Waals surface area contributed by atoms with Gasteiger partial charge in [0.25, 0.3) is 0 Å². The Morgan fingerprint density at radius 1 is 0.391 bits per heavy atom. The maximum Gasteiger partial charge on any atom is 0.143 e. The van der Waals surface area contributed by atoms with Gasteiger partial charge in [-0.15, -0.1) is 11.3 Å². The van der Waals surface area contributed by atoms with Crippen molar-refractivity contribution in [3.63, 3.8) is 0 Å². The number of furan rings is 1. The lowest BCUT2D eigenvalue weighted by Crippen LogP contribution is -2.12. The number of nitrogens with zero attached hydrogens (tertiary/aromatic N) is 2. The average Bonchev–Trinajstić information content (AvgIpc) is 4.05. The van der Waals surface area contributed by atoms with E-state index in [9.17, 15) is 0 Å². The molecule has 0 bridgehead atoms. The predicted molar refractivity (Wildman–Crippen MR) is 272 cm³/mol. The molecule has 300 valence electrons. The van der Waals surface area contributed by atoms with Crippen LogP contribution in [0.2, 0.25) is 0 Å². The standard InChI is InChI=1S/C60H38N2OS/c1-2-16-39(17-3-1)40-32-34-42(35-33-40)61(54-29-11-6-22-46(54)49-25-15-26-50-47-23-7-12-30-56(47)63-59(49)50)55-37-36-51-48-24-8-13-31-57(48)64-60(51)58(55)41-18-14-19-43(38-41)62-52-27-9-4-20-44(52)45-21-5-10-28-53(45)62/h1-38H. The highest BCUT2D eigenvalue weighted by atomic mass is 32.1. The van der Waals surface area contributed by atoms with Crippen molar-refractivity contribution in [2.24, 2.45) is 0 Å². The van der Waals surface area contributed by atoms with E-state index in [1.165, 1.54) is 58.7 Å². The molecule has 0 radical (unpaired) electrons. The van der Waals surface area contributed by atoms with Crippen molar-refractivity contribution < 1.29 is 4.42 Å². The predicted octanol–water partition coefficient (Wildman–Crippen LogP) is 17.5. The molecule has 4 heteroatoms. The van der Waals surface area contributed by atoms with Crippen LogP contribution in [-0.4, -0.2) is 4.57 Å². The Labute approximate surface area is 373 Å². The number of rotatable bonds is 7. The monoisotopic (exact) mass is 834 g/mol. The largest absolute Gasteiger partial charge is 0.455 e. The van der Waals surface area contributed by atoms with Crippen LogP contribution in [0.1, 0.15) is 0 Å². The van der Waals surface area contributed by atoms with Crippen molar-refractivity contribution in [2.75, 3.05) is 4.90 Å². The molecule has 0 fully saturated rings. The average molecular weight is 835 g/mol. The minimum Gasteiger partial charge on any atom is -0.455 e. The lowest BCUT2D eigenvalue weighted by Gasteiger charge is -2.30. The van der Waals surface area contributed by atoms with Crippen molar-refractivity contribution in [3.05, 3.63) is 231 Å². The van der Waals surface area contributed by atoms with Crippen LogP contribution >= 0.6 is 11.3 Å². The molecule has 3 heterocycles. The Bertz CT molecular complexity index is 3860. The van der Waals surface area contributed by atoms with Gasteiger partial charge in [-0.2, -0.15) is 0 Å². The van der Waals surface area contributed by atoms with Crippen molar-refractivity contribution in [1.82, 2.24) is 4.57 Å². The van der Waals surface area contributed by atoms with E-state index >= 15 is 0 Å². The van der Waals surface area contributed by atoms with Gasteiger partial charge in [0.05, 0.1) is 22.4 Å². The van der Waals surface area contributed by atoms with Gasteiger partial charge in [-0.05, 0) is 77.4 Å². The topological polar surface area (TPSA) is 21.3 Å². The quantitative estimate of drug-likeness (QED) is 0.159. The summed E-state index contributed by atoms with van der Waals surface area (Å²) in [4.78, 5) is 2.47. The normalized spacial score (nSPS) is 11.8. The zero-order valence-corrected chi connectivity index (χ0v) is 35.5. The number of thiophene rings is 1. The van der Waals surface area contributed by atoms with Crippen LogP contribution in [0.15, 0.2) is 235 Å². The molecular weight excluding hydrogens is 797 g/mol. The number of para-hydroxylation sites is 5. The van der Waals surface area contributed by atoms with E-state index in [1.54, 1.807) is 0 Å². The summed E-state index contributed by atoms with van der Waals surface area (Å²) in [5.41, 5.74) is 15.3. The molecule has 13 rings (SSSR count). The molecular formula is C60H38N2OS. The Hall–Kier alpha value is -8.18. The molecule has 0 atom stereocenters. The molecule has 13 aromatic rings. The second-order valence-corrected chi connectivity index (χ2v) is 17.5. The van der Waals surface area contributed by atoms with Crippen molar-refractivity contribution >= 4 is 92.3 Å². The molecule has 3 nitrogen and oxygen atoms in total. The summed E-state index contributed by atoms with van der Waals surface area (Å²) in [6, 6.07) is 83.5. The third-order valence-electron chi connectivity index (χ3n) is 12.8. The van der Waals surface area contributed by atoms with Crippen LogP contribution in [0.3, 0.4) is 0 Å². The first-order valence-corrected chi connectivity index (χ1v) is 22.6. The molecule has 0 saturated carbocycles. The molecule has 0 unspecified atom stereocenters. The number of hydrogen-bond acceptors (Lipinski definition) is 3. The molecule has 3 aromatic heterocycles. The molecule has 10 aromatic carbocycles. The lowest BCUT2D eigenvalue weighted by molar-refractivity contribution is 0.670. The first kappa shape index (κ1) is 36.5. The first-order chi connectivity index (χ1) is 31.8. The van der Waals surface area contributed by atoms with Gasteiger partial charge in [-0.1, -0.05) is 170 Å². The van der Waals surface area contributed by atoms with Crippen molar-refractivity contribution in [3.8, 4) is 39.1 Å². The SMILES string of the molecule is c1ccc(-c2ccc(N(c3ccccc3-c3cccc4c3oc3ccccc34)c3ccc4c(sc5ccccc54)c3-c3cccc(-n4c5ccccc5c5ccccc54)c3)cc2)cc1. The minimum atomic E-state index is 0.884. The summed E-state index contributed by atoms with van der Waals surface area (Å²) in [5.74, 6) is 0. The summed E-state index contributed by atoms with van der Waals surface area (Å²) in [7, 11) is 0. The Balaban J connectivity index is 1.10. The number of aromatic nitrogens is 1. The third kappa shape index (κ3) is 5.73. The summed E-state index contributed by atoms with van der Waals surface area (Å²) in [5, 5.41) is 7.24. The van der Waals surface area contributed by atoms with Gasteiger partial charge in [0.1, 0.15) is 11.2 Å². The highest BCUT2D eigenvalue weighted by Crippen LogP contribution is 2.51. The van der Waals surface area contributed by atoms with Gasteiger partial charge in [0.2, 0.25) is 0 Å². The first-order valence-electron chi connectivity index (χ1n) is 21.8. The van der Waals surface area contributed by atoms with Crippen molar-refractivity contribution in [1.29, 1.82) is 0 Å². The van der Waals surface area contributed by atoms with E-state index in [2.05, 4.69) is 234 Å². The van der Waals surface area contributed by atoms with E-state index in [0.29, 0.717) is 0 Å². The van der Waals surface area contributed by atoms with Crippen LogP contribution in [0, 0.1) is 0 Å². The van der Waals surface area contributed by atoms with Gasteiger partial charge < -0.3 is 13.9 Å². The zero-order chi connectivity index (χ0) is 42.1. The van der Waals surface area contributed by atoms with Gasteiger partial charge >= 0.3 is 0 Å². The highest BCUT2D eigenvalue weighted by Gasteiger charge is 2.25. The van der Waals surface area contributed by atoms with Crippen LogP contribution in [-0.2, 0) is 0 Å². The molecule has 0 saturated heterocycles. The fourth-order valence-electron chi connectivity index (χ4n) is 9.94. The molecule has 0 spiro atoms. The number of benzene rings is 10. The highest BCUT2D eigenvalue weighted by molar-refractivity contribution is 7.26. The Kier molecular flexibility index (Phi) is 8.40. The van der Waals surface area contributed by atoms with Crippen LogP contribution in [0.4, 0.5) is 17.1 Å². The molecule has 0 aliphatic carbocycles. The second kappa shape index (κ2) is 14.7. The van der Waals surface area contributed by atoms with Crippen LogP contribution in [0.5, 0.6) is 0 Å². The smallest absolute Gasteiger partial charge is 0.143 e. The molecule has 0 aliphatic rings. The minimum absolute atomic E-state index is 0.884. The number of anilines is 3. The zero-order valence-electron chi connectivity index (χ0n) is 34.7. The van der Waals surface area contributed by atoms with Crippen molar-refractivity contribution in [2.45, 2.75) is 0 Å². The molecule has 0 aliphatic heterocycles. The second-order valence-electron chi connectivity index (χ2n) is 16.4. The summed E-state index contributed by atoms with van der Waals surface area (Å²) in [6.45, 7) is 0. The molecule has 64 heavy (non-hydrogen) atoms. The Morgan fingerprint density at radius 2 is 1.00 bits per heavy atom. The Morgan fingerprint density at radius 3 is 1.81 bits per heavy atom. The molecule has 0 N–H and O–H groups in total.